The van der Waals surface area contributed by atoms with Crippen LogP contribution in [0.5, 0.6) is 0 Å². The van der Waals surface area contributed by atoms with Gasteiger partial charge in [-0.3, -0.25) is 14.2 Å². The zero-order valence-corrected chi connectivity index (χ0v) is 19.3. The first-order valence-electron chi connectivity index (χ1n) is 10.0. The third-order valence-corrected chi connectivity index (χ3v) is 6.98. The van der Waals surface area contributed by atoms with Crippen molar-refractivity contribution in [2.45, 2.75) is 40.3 Å². The molecule has 0 bridgehead atoms. The number of anilines is 1. The molecule has 0 atom stereocenters. The maximum absolute atomic E-state index is 12.4. The average molecular weight is 453 g/mol. The molecule has 0 saturated heterocycles. The van der Waals surface area contributed by atoms with E-state index in [-0.39, 0.29) is 17.3 Å². The number of aryl methyl sites for hydroxylation is 3. The first-order chi connectivity index (χ1) is 14.9. The normalized spacial score (nSPS) is 11.1. The highest BCUT2D eigenvalue weighted by Gasteiger charge is 2.15. The Morgan fingerprint density at radius 1 is 1.03 bits per heavy atom. The molecule has 6 nitrogen and oxygen atoms in total. The summed E-state index contributed by atoms with van der Waals surface area (Å²) < 4.78 is 3.78. The summed E-state index contributed by atoms with van der Waals surface area (Å²) in [5.41, 5.74) is 6.38. The molecule has 4 aromatic rings. The molecular formula is C23H24N4O2S2. The standard InChI is InChI=1S/C23H24N4O2S2/c1-15-11-19(17(3)26(15)10-9-18-7-5-4-6-8-18)20-14-30-22(24-20)25-21(28)12-27-16(2)13-31-23(27)29/h4-8,11,13-14H,9-10,12H2,1-3H3,(H,24,25,28). The highest BCUT2D eigenvalue weighted by atomic mass is 32.1. The van der Waals surface area contributed by atoms with Gasteiger partial charge in [-0.15, -0.1) is 11.3 Å². The number of rotatable bonds is 7. The maximum Gasteiger partial charge on any atom is 0.307 e. The van der Waals surface area contributed by atoms with Gasteiger partial charge in [-0.2, -0.15) is 0 Å². The quantitative estimate of drug-likeness (QED) is 0.444. The Hall–Kier alpha value is -2.97. The largest absolute Gasteiger partial charge is 0.348 e. The summed E-state index contributed by atoms with van der Waals surface area (Å²) in [6.45, 7) is 6.94. The molecule has 0 aliphatic rings. The van der Waals surface area contributed by atoms with E-state index in [9.17, 15) is 9.59 Å². The number of carbonyl (C=O) groups excluding carboxylic acids is 1. The third kappa shape index (κ3) is 4.70. The van der Waals surface area contributed by atoms with Crippen molar-refractivity contribution in [3.63, 3.8) is 0 Å². The molecule has 8 heteroatoms. The number of nitrogens with zero attached hydrogens (tertiary/aromatic N) is 3. The van der Waals surface area contributed by atoms with Crippen LogP contribution >= 0.6 is 22.7 Å². The van der Waals surface area contributed by atoms with E-state index in [0.29, 0.717) is 5.13 Å². The van der Waals surface area contributed by atoms with E-state index in [4.69, 9.17) is 0 Å². The molecule has 0 spiro atoms. The van der Waals surface area contributed by atoms with Crippen LogP contribution in [0.1, 0.15) is 22.6 Å². The van der Waals surface area contributed by atoms with Crippen LogP contribution in [0.2, 0.25) is 0 Å². The van der Waals surface area contributed by atoms with Crippen molar-refractivity contribution >= 4 is 33.7 Å². The Morgan fingerprint density at radius 2 is 1.81 bits per heavy atom. The zero-order valence-electron chi connectivity index (χ0n) is 17.7. The molecule has 1 aromatic carbocycles. The maximum atomic E-state index is 12.4. The van der Waals surface area contributed by atoms with E-state index >= 15 is 0 Å². The van der Waals surface area contributed by atoms with Crippen molar-refractivity contribution in [2.75, 3.05) is 5.32 Å². The van der Waals surface area contributed by atoms with Crippen LogP contribution in [0, 0.1) is 20.8 Å². The number of thiazole rings is 2. The van der Waals surface area contributed by atoms with Crippen molar-refractivity contribution in [2.24, 2.45) is 0 Å². The molecule has 1 amide bonds. The first-order valence-corrected chi connectivity index (χ1v) is 11.8. The molecule has 0 radical (unpaired) electrons. The number of benzene rings is 1. The summed E-state index contributed by atoms with van der Waals surface area (Å²) in [6.07, 6.45) is 0.969. The molecule has 160 valence electrons. The lowest BCUT2D eigenvalue weighted by atomic mass is 10.1. The van der Waals surface area contributed by atoms with Crippen LogP contribution in [0.3, 0.4) is 0 Å². The number of nitrogens with one attached hydrogen (secondary N) is 1. The number of hydrogen-bond donors (Lipinski definition) is 1. The van der Waals surface area contributed by atoms with Crippen molar-refractivity contribution in [3.8, 4) is 11.3 Å². The second kappa shape index (κ2) is 9.03. The lowest BCUT2D eigenvalue weighted by molar-refractivity contribution is -0.116. The van der Waals surface area contributed by atoms with Crippen LogP contribution in [0.15, 0.2) is 52.0 Å². The van der Waals surface area contributed by atoms with Crippen LogP contribution in [0.4, 0.5) is 5.13 Å². The zero-order chi connectivity index (χ0) is 22.0. The number of hydrogen-bond acceptors (Lipinski definition) is 5. The van der Waals surface area contributed by atoms with Gasteiger partial charge in [0.25, 0.3) is 0 Å². The number of amides is 1. The van der Waals surface area contributed by atoms with Crippen molar-refractivity contribution in [3.05, 3.63) is 79.5 Å². The lowest BCUT2D eigenvalue weighted by Crippen LogP contribution is -2.25. The third-order valence-electron chi connectivity index (χ3n) is 5.35. The van der Waals surface area contributed by atoms with Crippen LogP contribution < -0.4 is 10.2 Å². The Kier molecular flexibility index (Phi) is 6.20. The molecule has 0 saturated carbocycles. The minimum absolute atomic E-state index is 0.00290. The molecule has 1 N–H and O–H groups in total. The van der Waals surface area contributed by atoms with Gasteiger partial charge in [0, 0.05) is 40.0 Å². The van der Waals surface area contributed by atoms with E-state index in [0.717, 1.165) is 46.9 Å². The van der Waals surface area contributed by atoms with Crippen molar-refractivity contribution < 1.29 is 4.79 Å². The van der Waals surface area contributed by atoms with Gasteiger partial charge in [0.1, 0.15) is 6.54 Å². The molecule has 0 aliphatic heterocycles. The van der Waals surface area contributed by atoms with Gasteiger partial charge < -0.3 is 9.88 Å². The molecule has 0 fully saturated rings. The summed E-state index contributed by atoms with van der Waals surface area (Å²) in [5, 5.41) is 7.07. The fraction of sp³-hybridized carbons (Fsp3) is 0.261. The molecule has 31 heavy (non-hydrogen) atoms. The van der Waals surface area contributed by atoms with Gasteiger partial charge in [-0.1, -0.05) is 41.7 Å². The van der Waals surface area contributed by atoms with Gasteiger partial charge in [-0.05, 0) is 38.8 Å². The topological polar surface area (TPSA) is 68.9 Å². The fourth-order valence-corrected chi connectivity index (χ4v) is 5.10. The summed E-state index contributed by atoms with van der Waals surface area (Å²) in [7, 11) is 0. The second-order valence-corrected chi connectivity index (χ2v) is 9.17. The van der Waals surface area contributed by atoms with E-state index in [2.05, 4.69) is 59.0 Å². The van der Waals surface area contributed by atoms with Gasteiger partial charge in [0.15, 0.2) is 5.13 Å². The lowest BCUT2D eigenvalue weighted by Gasteiger charge is -2.09. The molecule has 0 unspecified atom stereocenters. The first kappa shape index (κ1) is 21.3. The Morgan fingerprint density at radius 3 is 2.52 bits per heavy atom. The molecule has 0 aliphatic carbocycles. The predicted molar refractivity (Wildman–Crippen MR) is 127 cm³/mol. The summed E-state index contributed by atoms with van der Waals surface area (Å²) in [4.78, 5) is 28.7. The Balaban J connectivity index is 1.46. The monoisotopic (exact) mass is 452 g/mol. The highest BCUT2D eigenvalue weighted by Crippen LogP contribution is 2.30. The molecular weight excluding hydrogens is 428 g/mol. The van der Waals surface area contributed by atoms with E-state index < -0.39 is 0 Å². The van der Waals surface area contributed by atoms with Crippen LogP contribution in [-0.4, -0.2) is 20.0 Å². The fourth-order valence-electron chi connectivity index (χ4n) is 3.64. The predicted octanol–water partition coefficient (Wildman–Crippen LogP) is 4.64. The SMILES string of the molecule is Cc1cc(-c2csc(NC(=O)Cn3c(C)csc3=O)n2)c(C)n1CCc1ccccc1. The molecule has 3 heterocycles. The number of carbonyl (C=O) groups is 1. The minimum atomic E-state index is -0.252. The molecule has 4 rings (SSSR count). The summed E-state index contributed by atoms with van der Waals surface area (Å²) >= 11 is 2.49. The van der Waals surface area contributed by atoms with E-state index in [1.807, 2.05) is 18.4 Å². The van der Waals surface area contributed by atoms with Gasteiger partial charge in [0.05, 0.1) is 5.69 Å². The van der Waals surface area contributed by atoms with Gasteiger partial charge in [0.2, 0.25) is 5.91 Å². The second-order valence-electron chi connectivity index (χ2n) is 7.49. The minimum Gasteiger partial charge on any atom is -0.348 e. The van der Waals surface area contributed by atoms with E-state index in [1.54, 1.807) is 5.38 Å². The smallest absolute Gasteiger partial charge is 0.307 e. The highest BCUT2D eigenvalue weighted by molar-refractivity contribution is 7.14. The Labute approximate surface area is 188 Å². The van der Waals surface area contributed by atoms with Crippen LogP contribution in [-0.2, 0) is 24.3 Å². The van der Waals surface area contributed by atoms with Crippen molar-refractivity contribution in [1.82, 2.24) is 14.1 Å². The number of aromatic nitrogens is 3. The van der Waals surface area contributed by atoms with E-state index in [1.165, 1.54) is 27.2 Å². The van der Waals surface area contributed by atoms with Gasteiger partial charge >= 0.3 is 4.87 Å². The van der Waals surface area contributed by atoms with Gasteiger partial charge in [-0.25, -0.2) is 4.98 Å². The Bertz CT molecular complexity index is 1260. The summed E-state index contributed by atoms with van der Waals surface area (Å²) in [6, 6.07) is 12.6. The molecule has 3 aromatic heterocycles. The average Bonchev–Trinajstić information content (AvgIpc) is 3.42. The van der Waals surface area contributed by atoms with Crippen molar-refractivity contribution in [1.29, 1.82) is 0 Å². The van der Waals surface area contributed by atoms with Crippen LogP contribution in [0.25, 0.3) is 11.3 Å². The summed E-state index contributed by atoms with van der Waals surface area (Å²) in [5.74, 6) is -0.252.